The third-order valence-corrected chi connectivity index (χ3v) is 2.28. The molecule has 0 saturated carbocycles. The Morgan fingerprint density at radius 2 is 2.25 bits per heavy atom. The number of nitrogens with zero attached hydrogens (tertiary/aromatic N) is 1. The van der Waals surface area contributed by atoms with Crippen molar-refractivity contribution in [3.8, 4) is 0 Å². The average Bonchev–Trinajstić information content (AvgIpc) is 2.31. The van der Waals surface area contributed by atoms with E-state index in [0.29, 0.717) is 12.3 Å². The molecule has 1 aromatic rings. The van der Waals surface area contributed by atoms with Crippen LogP contribution in [0.5, 0.6) is 0 Å². The van der Waals surface area contributed by atoms with Crippen molar-refractivity contribution in [2.45, 2.75) is 26.7 Å². The number of hydrogen-bond acceptors (Lipinski definition) is 3. The third kappa shape index (κ3) is 0.967. The summed E-state index contributed by atoms with van der Waals surface area (Å²) in [6, 6.07) is 0. The van der Waals surface area contributed by atoms with Gasteiger partial charge in [0.25, 0.3) is 0 Å². The highest BCUT2D eigenvalue weighted by Crippen LogP contribution is 2.26. The van der Waals surface area contributed by atoms with Crippen LogP contribution in [0.15, 0.2) is 4.52 Å². The van der Waals surface area contributed by atoms with Crippen molar-refractivity contribution in [3.05, 3.63) is 17.0 Å². The summed E-state index contributed by atoms with van der Waals surface area (Å²) in [6.45, 7) is 3.87. The SMILES string of the molecule is Cc1noc2c1C(=O)CC(C)C2. The van der Waals surface area contributed by atoms with Gasteiger partial charge in [-0.25, -0.2) is 0 Å². The van der Waals surface area contributed by atoms with E-state index in [1.807, 2.05) is 6.92 Å². The van der Waals surface area contributed by atoms with Crippen molar-refractivity contribution in [1.82, 2.24) is 5.16 Å². The number of Topliss-reactive ketones (excluding diaryl/α,β-unsaturated/α-hetero) is 1. The topological polar surface area (TPSA) is 43.1 Å². The third-order valence-electron chi connectivity index (χ3n) is 2.28. The van der Waals surface area contributed by atoms with Gasteiger partial charge in [0.1, 0.15) is 5.76 Å². The molecule has 0 radical (unpaired) electrons. The maximum atomic E-state index is 11.5. The van der Waals surface area contributed by atoms with Crippen LogP contribution in [0.25, 0.3) is 0 Å². The van der Waals surface area contributed by atoms with Gasteiger partial charge < -0.3 is 4.52 Å². The van der Waals surface area contributed by atoms with Crippen molar-refractivity contribution in [3.63, 3.8) is 0 Å². The predicted molar refractivity (Wildman–Crippen MR) is 43.1 cm³/mol. The van der Waals surface area contributed by atoms with Crippen LogP contribution in [0, 0.1) is 12.8 Å². The van der Waals surface area contributed by atoms with E-state index in [0.717, 1.165) is 23.4 Å². The number of rotatable bonds is 0. The van der Waals surface area contributed by atoms with Gasteiger partial charge in [-0.1, -0.05) is 12.1 Å². The van der Waals surface area contributed by atoms with E-state index in [1.165, 1.54) is 0 Å². The Balaban J connectivity index is 2.50. The second kappa shape index (κ2) is 2.44. The maximum Gasteiger partial charge on any atom is 0.168 e. The highest BCUT2D eigenvalue weighted by Gasteiger charge is 2.27. The van der Waals surface area contributed by atoms with Gasteiger partial charge in [-0.3, -0.25) is 4.79 Å². The quantitative estimate of drug-likeness (QED) is 0.588. The number of ketones is 1. The number of hydrogen-bond donors (Lipinski definition) is 0. The molecular formula is C9H11NO2. The first-order valence-electron chi connectivity index (χ1n) is 4.17. The molecule has 0 N–H and O–H groups in total. The maximum absolute atomic E-state index is 11.5. The molecular weight excluding hydrogens is 154 g/mol. The molecule has 0 bridgehead atoms. The molecule has 3 heteroatoms. The van der Waals surface area contributed by atoms with Crippen LogP contribution >= 0.6 is 0 Å². The van der Waals surface area contributed by atoms with Gasteiger partial charge in [-0.05, 0) is 12.8 Å². The van der Waals surface area contributed by atoms with Crippen molar-refractivity contribution in [2.75, 3.05) is 0 Å². The van der Waals surface area contributed by atoms with Gasteiger partial charge in [0.15, 0.2) is 5.78 Å². The van der Waals surface area contributed by atoms with Gasteiger partial charge in [0.2, 0.25) is 0 Å². The molecule has 0 aromatic carbocycles. The first kappa shape index (κ1) is 7.53. The molecule has 1 unspecified atom stereocenters. The van der Waals surface area contributed by atoms with Crippen LogP contribution in [0.3, 0.4) is 0 Å². The lowest BCUT2D eigenvalue weighted by Gasteiger charge is -2.14. The first-order chi connectivity index (χ1) is 5.68. The highest BCUT2D eigenvalue weighted by atomic mass is 16.5. The minimum Gasteiger partial charge on any atom is -0.360 e. The van der Waals surface area contributed by atoms with Gasteiger partial charge in [0, 0.05) is 12.8 Å². The Hall–Kier alpha value is -1.12. The van der Waals surface area contributed by atoms with Crippen LogP contribution in [0.1, 0.15) is 35.2 Å². The van der Waals surface area contributed by atoms with Crippen molar-refractivity contribution in [2.24, 2.45) is 5.92 Å². The van der Waals surface area contributed by atoms with E-state index in [1.54, 1.807) is 0 Å². The van der Waals surface area contributed by atoms with Crippen LogP contribution in [0.4, 0.5) is 0 Å². The summed E-state index contributed by atoms with van der Waals surface area (Å²) in [5.41, 5.74) is 1.47. The standard InChI is InChI=1S/C9H11NO2/c1-5-3-7(11)9-6(2)10-12-8(9)4-5/h5H,3-4H2,1-2H3. The molecule has 64 valence electrons. The summed E-state index contributed by atoms with van der Waals surface area (Å²) >= 11 is 0. The minimum atomic E-state index is 0.183. The fourth-order valence-electron chi connectivity index (χ4n) is 1.72. The smallest absolute Gasteiger partial charge is 0.168 e. The average molecular weight is 165 g/mol. The fourth-order valence-corrected chi connectivity index (χ4v) is 1.72. The van der Waals surface area contributed by atoms with Crippen LogP contribution in [0.2, 0.25) is 0 Å². The second-order valence-electron chi connectivity index (χ2n) is 3.50. The number of aryl methyl sites for hydroxylation is 1. The molecule has 12 heavy (non-hydrogen) atoms. The van der Waals surface area contributed by atoms with Gasteiger partial charge >= 0.3 is 0 Å². The number of carbonyl (C=O) groups excluding carboxylic acids is 1. The summed E-state index contributed by atoms with van der Waals surface area (Å²) in [4.78, 5) is 11.5. The Kier molecular flexibility index (Phi) is 1.53. The van der Waals surface area contributed by atoms with Crippen molar-refractivity contribution < 1.29 is 9.32 Å². The van der Waals surface area contributed by atoms with Crippen LogP contribution < -0.4 is 0 Å². The summed E-state index contributed by atoms with van der Waals surface area (Å²) in [7, 11) is 0. The van der Waals surface area contributed by atoms with Crippen molar-refractivity contribution in [1.29, 1.82) is 0 Å². The van der Waals surface area contributed by atoms with Crippen LogP contribution in [-0.4, -0.2) is 10.9 Å². The number of fused-ring (bicyclic) bond motifs is 1. The molecule has 1 heterocycles. The predicted octanol–water partition coefficient (Wildman–Crippen LogP) is 1.75. The van der Waals surface area contributed by atoms with E-state index in [9.17, 15) is 4.79 Å². The van der Waals surface area contributed by atoms with Crippen LogP contribution in [-0.2, 0) is 6.42 Å². The van der Waals surface area contributed by atoms with E-state index in [4.69, 9.17) is 4.52 Å². The molecule has 1 aliphatic rings. The molecule has 1 aliphatic carbocycles. The number of aromatic nitrogens is 1. The number of carbonyl (C=O) groups is 1. The zero-order valence-corrected chi connectivity index (χ0v) is 7.26. The fraction of sp³-hybridized carbons (Fsp3) is 0.556. The van der Waals surface area contributed by atoms with Gasteiger partial charge in [0.05, 0.1) is 11.3 Å². The van der Waals surface area contributed by atoms with Gasteiger partial charge in [-0.15, -0.1) is 0 Å². The first-order valence-corrected chi connectivity index (χ1v) is 4.17. The zero-order chi connectivity index (χ0) is 8.72. The summed E-state index contributed by atoms with van der Waals surface area (Å²) < 4.78 is 5.06. The molecule has 1 aromatic heterocycles. The van der Waals surface area contributed by atoms with E-state index >= 15 is 0 Å². The lowest BCUT2D eigenvalue weighted by molar-refractivity contribution is 0.0947. The Labute approximate surface area is 70.7 Å². The van der Waals surface area contributed by atoms with E-state index in [-0.39, 0.29) is 5.78 Å². The molecule has 0 amide bonds. The highest BCUT2D eigenvalue weighted by molar-refractivity contribution is 5.98. The van der Waals surface area contributed by atoms with E-state index in [2.05, 4.69) is 12.1 Å². The normalized spacial score (nSPS) is 22.5. The Morgan fingerprint density at radius 1 is 1.50 bits per heavy atom. The summed E-state index contributed by atoms with van der Waals surface area (Å²) in [6.07, 6.45) is 1.48. The molecule has 0 spiro atoms. The molecule has 2 rings (SSSR count). The van der Waals surface area contributed by atoms with E-state index < -0.39 is 0 Å². The molecule has 0 fully saturated rings. The van der Waals surface area contributed by atoms with Crippen molar-refractivity contribution >= 4 is 5.78 Å². The Morgan fingerprint density at radius 3 is 3.00 bits per heavy atom. The van der Waals surface area contributed by atoms with Gasteiger partial charge in [-0.2, -0.15) is 0 Å². The lowest BCUT2D eigenvalue weighted by atomic mass is 9.88. The zero-order valence-electron chi connectivity index (χ0n) is 7.26. The molecule has 1 atom stereocenters. The second-order valence-corrected chi connectivity index (χ2v) is 3.50. The lowest BCUT2D eigenvalue weighted by Crippen LogP contribution is -2.16. The summed E-state index contributed by atoms with van der Waals surface area (Å²) in [5.74, 6) is 1.36. The molecule has 0 saturated heterocycles. The largest absolute Gasteiger partial charge is 0.360 e. The molecule has 3 nitrogen and oxygen atoms in total. The molecule has 0 aliphatic heterocycles. The summed E-state index contributed by atoms with van der Waals surface area (Å²) in [5, 5.41) is 3.79. The minimum absolute atomic E-state index is 0.183. The Bertz CT molecular complexity index is 327. The monoisotopic (exact) mass is 165 g/mol.